The van der Waals surface area contributed by atoms with E-state index in [1.807, 2.05) is 22.8 Å². The molecule has 0 amide bonds. The monoisotopic (exact) mass is 250 g/mol. The van der Waals surface area contributed by atoms with E-state index in [2.05, 4.69) is 29.2 Å². The van der Waals surface area contributed by atoms with Crippen molar-refractivity contribution in [3.8, 4) is 11.1 Å². The van der Waals surface area contributed by atoms with E-state index < -0.39 is 0 Å². The van der Waals surface area contributed by atoms with Gasteiger partial charge < -0.3 is 4.98 Å². The van der Waals surface area contributed by atoms with Crippen LogP contribution in [-0.4, -0.2) is 9.55 Å². The summed E-state index contributed by atoms with van der Waals surface area (Å²) in [6, 6.07) is 14.6. The standard InChI is InChI=1S/C16H14N2O/c19-16-17-14-10-13(11-5-2-1-3-6-11)9-12-7-4-8-18(16)15(12)14/h1-3,5-6,9-10H,4,7-8H2,(H,17,19). The highest BCUT2D eigenvalue weighted by molar-refractivity contribution is 5.85. The smallest absolute Gasteiger partial charge is 0.306 e. The topological polar surface area (TPSA) is 37.8 Å². The third-order valence-electron chi connectivity index (χ3n) is 3.88. The average Bonchev–Trinajstić information content (AvgIpc) is 2.78. The van der Waals surface area contributed by atoms with Crippen LogP contribution in [0, 0.1) is 0 Å². The highest BCUT2D eigenvalue weighted by Gasteiger charge is 2.16. The van der Waals surface area contributed by atoms with Crippen LogP contribution in [0.4, 0.5) is 0 Å². The first-order chi connectivity index (χ1) is 9.33. The molecule has 1 aliphatic heterocycles. The Morgan fingerprint density at radius 1 is 1.05 bits per heavy atom. The minimum Gasteiger partial charge on any atom is -0.306 e. The molecule has 0 bridgehead atoms. The van der Waals surface area contributed by atoms with Gasteiger partial charge in [-0.15, -0.1) is 0 Å². The SMILES string of the molecule is O=c1[nH]c2cc(-c3ccccc3)cc3c2n1CCC3. The average molecular weight is 250 g/mol. The first-order valence-electron chi connectivity index (χ1n) is 6.64. The molecule has 0 fully saturated rings. The molecule has 0 aliphatic carbocycles. The molecule has 0 radical (unpaired) electrons. The van der Waals surface area contributed by atoms with Crippen LogP contribution in [-0.2, 0) is 13.0 Å². The zero-order valence-corrected chi connectivity index (χ0v) is 10.5. The van der Waals surface area contributed by atoms with Crippen molar-refractivity contribution < 1.29 is 0 Å². The summed E-state index contributed by atoms with van der Waals surface area (Å²) in [6.07, 6.45) is 2.09. The quantitative estimate of drug-likeness (QED) is 0.708. The second-order valence-corrected chi connectivity index (χ2v) is 5.08. The Labute approximate surface area is 110 Å². The maximum Gasteiger partial charge on any atom is 0.326 e. The van der Waals surface area contributed by atoms with Crippen molar-refractivity contribution in [2.45, 2.75) is 19.4 Å². The molecular formula is C16H14N2O. The van der Waals surface area contributed by atoms with E-state index in [4.69, 9.17) is 0 Å². The highest BCUT2D eigenvalue weighted by Crippen LogP contribution is 2.29. The number of benzene rings is 2. The first-order valence-corrected chi connectivity index (χ1v) is 6.64. The maximum absolute atomic E-state index is 11.9. The number of rotatable bonds is 1. The van der Waals surface area contributed by atoms with E-state index in [9.17, 15) is 4.79 Å². The molecule has 0 unspecified atom stereocenters. The summed E-state index contributed by atoms with van der Waals surface area (Å²) in [5.74, 6) is 0. The molecule has 0 atom stereocenters. The van der Waals surface area contributed by atoms with Crippen LogP contribution in [0.5, 0.6) is 0 Å². The fourth-order valence-corrected chi connectivity index (χ4v) is 3.02. The molecule has 2 aromatic carbocycles. The number of aromatic nitrogens is 2. The Kier molecular flexibility index (Phi) is 2.15. The van der Waals surface area contributed by atoms with Crippen molar-refractivity contribution in [2.75, 3.05) is 0 Å². The van der Waals surface area contributed by atoms with E-state index >= 15 is 0 Å². The lowest BCUT2D eigenvalue weighted by Gasteiger charge is -2.15. The molecule has 94 valence electrons. The normalized spacial score (nSPS) is 13.9. The number of nitrogens with zero attached hydrogens (tertiary/aromatic N) is 1. The van der Waals surface area contributed by atoms with Crippen molar-refractivity contribution in [2.24, 2.45) is 0 Å². The molecule has 4 rings (SSSR count). The van der Waals surface area contributed by atoms with Gasteiger partial charge in [0.05, 0.1) is 11.0 Å². The van der Waals surface area contributed by atoms with E-state index in [1.54, 1.807) is 0 Å². The van der Waals surface area contributed by atoms with Gasteiger partial charge in [-0.25, -0.2) is 4.79 Å². The van der Waals surface area contributed by atoms with Crippen molar-refractivity contribution >= 4 is 11.0 Å². The van der Waals surface area contributed by atoms with Gasteiger partial charge in [-0.05, 0) is 41.7 Å². The van der Waals surface area contributed by atoms with Gasteiger partial charge in [-0.1, -0.05) is 30.3 Å². The summed E-state index contributed by atoms with van der Waals surface area (Å²) in [4.78, 5) is 14.9. The van der Waals surface area contributed by atoms with Crippen LogP contribution < -0.4 is 5.69 Å². The summed E-state index contributed by atoms with van der Waals surface area (Å²) >= 11 is 0. The minimum atomic E-state index is 0.0150. The molecule has 19 heavy (non-hydrogen) atoms. The molecule has 0 saturated heterocycles. The lowest BCUT2D eigenvalue weighted by Crippen LogP contribution is -2.20. The van der Waals surface area contributed by atoms with Crippen molar-refractivity contribution in [1.29, 1.82) is 0 Å². The molecular weight excluding hydrogens is 236 g/mol. The number of hydrogen-bond acceptors (Lipinski definition) is 1. The number of hydrogen-bond donors (Lipinski definition) is 1. The summed E-state index contributed by atoms with van der Waals surface area (Å²) in [5.41, 5.74) is 5.72. The van der Waals surface area contributed by atoms with Crippen LogP contribution >= 0.6 is 0 Å². The van der Waals surface area contributed by atoms with Crippen LogP contribution in [0.15, 0.2) is 47.3 Å². The Bertz CT molecular complexity index is 812. The lowest BCUT2D eigenvalue weighted by atomic mass is 9.98. The minimum absolute atomic E-state index is 0.0150. The zero-order chi connectivity index (χ0) is 12.8. The molecule has 3 heteroatoms. The molecule has 0 spiro atoms. The lowest BCUT2D eigenvalue weighted by molar-refractivity contribution is 0.615. The Morgan fingerprint density at radius 2 is 1.89 bits per heavy atom. The predicted molar refractivity (Wildman–Crippen MR) is 76.3 cm³/mol. The summed E-state index contributed by atoms with van der Waals surface area (Å²) in [7, 11) is 0. The van der Waals surface area contributed by atoms with E-state index in [-0.39, 0.29) is 5.69 Å². The summed E-state index contributed by atoms with van der Waals surface area (Å²) in [6.45, 7) is 0.830. The van der Waals surface area contributed by atoms with Gasteiger partial charge in [0, 0.05) is 6.54 Å². The molecule has 0 saturated carbocycles. The Balaban J connectivity index is 2.04. The number of imidazole rings is 1. The van der Waals surface area contributed by atoms with Gasteiger partial charge >= 0.3 is 5.69 Å². The summed E-state index contributed by atoms with van der Waals surface area (Å²) < 4.78 is 1.86. The van der Waals surface area contributed by atoms with Gasteiger partial charge in [0.1, 0.15) is 0 Å². The zero-order valence-electron chi connectivity index (χ0n) is 10.5. The van der Waals surface area contributed by atoms with Gasteiger partial charge in [0.15, 0.2) is 0 Å². The largest absolute Gasteiger partial charge is 0.326 e. The second-order valence-electron chi connectivity index (χ2n) is 5.08. The van der Waals surface area contributed by atoms with E-state index in [1.165, 1.54) is 16.7 Å². The third kappa shape index (κ3) is 1.55. The molecule has 3 nitrogen and oxygen atoms in total. The maximum atomic E-state index is 11.9. The van der Waals surface area contributed by atoms with Gasteiger partial charge in [0.2, 0.25) is 0 Å². The van der Waals surface area contributed by atoms with Crippen LogP contribution in [0.25, 0.3) is 22.2 Å². The third-order valence-corrected chi connectivity index (χ3v) is 3.88. The molecule has 1 aliphatic rings. The summed E-state index contributed by atoms with van der Waals surface area (Å²) in [5, 5.41) is 0. The molecule has 1 aromatic heterocycles. The fourth-order valence-electron chi connectivity index (χ4n) is 3.02. The number of aryl methyl sites for hydroxylation is 2. The van der Waals surface area contributed by atoms with Crippen molar-refractivity contribution in [3.63, 3.8) is 0 Å². The van der Waals surface area contributed by atoms with Crippen molar-refractivity contribution in [1.82, 2.24) is 9.55 Å². The molecule has 3 aromatic rings. The van der Waals surface area contributed by atoms with Crippen molar-refractivity contribution in [3.05, 3.63) is 58.5 Å². The van der Waals surface area contributed by atoms with Gasteiger partial charge in [-0.3, -0.25) is 4.57 Å². The number of aromatic amines is 1. The molecule has 1 N–H and O–H groups in total. The van der Waals surface area contributed by atoms with E-state index in [0.717, 1.165) is 30.4 Å². The highest BCUT2D eigenvalue weighted by atomic mass is 16.1. The molecule has 2 heterocycles. The number of H-pyrrole nitrogens is 1. The Morgan fingerprint density at radius 3 is 2.74 bits per heavy atom. The number of nitrogens with one attached hydrogen (secondary N) is 1. The fraction of sp³-hybridized carbons (Fsp3) is 0.188. The Hall–Kier alpha value is -2.29. The van der Waals surface area contributed by atoms with Crippen LogP contribution in [0.2, 0.25) is 0 Å². The van der Waals surface area contributed by atoms with Crippen LogP contribution in [0.1, 0.15) is 12.0 Å². The van der Waals surface area contributed by atoms with Gasteiger partial charge in [-0.2, -0.15) is 0 Å². The first kappa shape index (κ1) is 10.6. The van der Waals surface area contributed by atoms with E-state index in [0.29, 0.717) is 0 Å². The van der Waals surface area contributed by atoms with Gasteiger partial charge in [0.25, 0.3) is 0 Å². The van der Waals surface area contributed by atoms with Crippen LogP contribution in [0.3, 0.4) is 0 Å². The predicted octanol–water partition coefficient (Wildman–Crippen LogP) is 2.94. The second kappa shape index (κ2) is 3.85.